The molecule has 0 bridgehead atoms. The molecule has 1 saturated heterocycles. The number of ether oxygens (including phenoxy) is 2. The van der Waals surface area contributed by atoms with Gasteiger partial charge in [0.15, 0.2) is 5.82 Å². The van der Waals surface area contributed by atoms with E-state index in [9.17, 15) is 9.59 Å². The zero-order valence-electron chi connectivity index (χ0n) is 18.4. The lowest BCUT2D eigenvalue weighted by Gasteiger charge is -2.29. The number of fused-ring (bicyclic) bond motifs is 1. The fourth-order valence-electron chi connectivity index (χ4n) is 3.79. The van der Waals surface area contributed by atoms with Crippen LogP contribution in [-0.4, -0.2) is 66.4 Å². The van der Waals surface area contributed by atoms with Crippen LogP contribution in [0.4, 0.5) is 21.1 Å². The number of aromatic nitrogens is 2. The van der Waals surface area contributed by atoms with Gasteiger partial charge < -0.3 is 25.0 Å². The molecule has 1 aromatic heterocycles. The van der Waals surface area contributed by atoms with Crippen molar-refractivity contribution in [2.45, 2.75) is 26.9 Å². The summed E-state index contributed by atoms with van der Waals surface area (Å²) in [5.41, 5.74) is 3.30. The summed E-state index contributed by atoms with van der Waals surface area (Å²) < 4.78 is 10.7. The van der Waals surface area contributed by atoms with E-state index in [1.165, 1.54) is 0 Å². The Morgan fingerprint density at radius 3 is 2.53 bits per heavy atom. The van der Waals surface area contributed by atoms with Gasteiger partial charge in [-0.05, 0) is 38.1 Å². The van der Waals surface area contributed by atoms with Crippen molar-refractivity contribution < 1.29 is 19.1 Å². The highest BCUT2D eigenvalue weighted by Crippen LogP contribution is 2.32. The monoisotopic (exact) mass is 440 g/mol. The topological polar surface area (TPSA) is 109 Å². The number of rotatable bonds is 5. The van der Waals surface area contributed by atoms with Gasteiger partial charge in [0.1, 0.15) is 5.82 Å². The van der Waals surface area contributed by atoms with Crippen LogP contribution in [0.25, 0.3) is 11.4 Å². The molecule has 32 heavy (non-hydrogen) atoms. The minimum atomic E-state index is -0.347. The highest BCUT2D eigenvalue weighted by molar-refractivity contribution is 5.89. The maximum absolute atomic E-state index is 12.3. The van der Waals surface area contributed by atoms with Crippen LogP contribution in [0.5, 0.6) is 0 Å². The molecule has 1 aromatic carbocycles. The summed E-state index contributed by atoms with van der Waals surface area (Å²) in [7, 11) is 0. The second-order valence-electron chi connectivity index (χ2n) is 7.51. The van der Waals surface area contributed by atoms with Gasteiger partial charge in [-0.15, -0.1) is 0 Å². The van der Waals surface area contributed by atoms with E-state index < -0.39 is 0 Å². The van der Waals surface area contributed by atoms with Crippen LogP contribution in [-0.2, 0) is 22.6 Å². The Morgan fingerprint density at radius 1 is 1.09 bits per heavy atom. The number of nitrogens with zero attached hydrogens (tertiary/aromatic N) is 4. The predicted molar refractivity (Wildman–Crippen MR) is 119 cm³/mol. The molecular weight excluding hydrogens is 412 g/mol. The molecule has 0 atom stereocenters. The number of carbonyl (C=O) groups is 2. The molecule has 0 unspecified atom stereocenters. The number of amides is 3. The highest BCUT2D eigenvalue weighted by Gasteiger charge is 2.31. The van der Waals surface area contributed by atoms with Gasteiger partial charge in [0.25, 0.3) is 0 Å². The predicted octanol–water partition coefficient (Wildman–Crippen LogP) is 2.59. The molecule has 3 amide bonds. The van der Waals surface area contributed by atoms with Crippen molar-refractivity contribution in [2.75, 3.05) is 49.7 Å². The van der Waals surface area contributed by atoms with E-state index in [1.54, 1.807) is 11.8 Å². The number of morpholine rings is 1. The van der Waals surface area contributed by atoms with Gasteiger partial charge in [0, 0.05) is 36.4 Å². The Balaban J connectivity index is 1.63. The van der Waals surface area contributed by atoms with Gasteiger partial charge in [-0.2, -0.15) is 0 Å². The summed E-state index contributed by atoms with van der Waals surface area (Å²) in [6, 6.07) is 7.15. The number of carbonyl (C=O) groups excluding carboxylic acids is 2. The number of anilines is 2. The summed E-state index contributed by atoms with van der Waals surface area (Å²) in [6.07, 6.45) is -0.347. The van der Waals surface area contributed by atoms with E-state index in [2.05, 4.69) is 15.5 Å². The van der Waals surface area contributed by atoms with Crippen molar-refractivity contribution >= 4 is 23.6 Å². The molecule has 2 aliphatic rings. The Kier molecular flexibility index (Phi) is 6.69. The molecule has 10 heteroatoms. The van der Waals surface area contributed by atoms with Crippen molar-refractivity contribution in [3.8, 4) is 11.4 Å². The first-order valence-electron chi connectivity index (χ1n) is 10.9. The highest BCUT2D eigenvalue weighted by atomic mass is 16.6. The van der Waals surface area contributed by atoms with Crippen LogP contribution < -0.4 is 15.5 Å². The summed E-state index contributed by atoms with van der Waals surface area (Å²) in [6.45, 7) is 8.09. The second-order valence-corrected chi connectivity index (χ2v) is 7.51. The molecule has 0 radical (unpaired) electrons. The molecule has 0 aliphatic carbocycles. The minimum Gasteiger partial charge on any atom is -0.450 e. The number of benzene rings is 1. The van der Waals surface area contributed by atoms with Gasteiger partial charge >= 0.3 is 12.1 Å². The molecular formula is C22H28N6O4. The summed E-state index contributed by atoms with van der Waals surface area (Å²) in [4.78, 5) is 37.5. The Bertz CT molecular complexity index is 975. The lowest BCUT2D eigenvalue weighted by Crippen LogP contribution is -2.37. The molecule has 2 N–H and O–H groups in total. The van der Waals surface area contributed by atoms with Crippen LogP contribution in [0.15, 0.2) is 24.3 Å². The van der Waals surface area contributed by atoms with Crippen molar-refractivity contribution in [1.82, 2.24) is 20.2 Å². The molecule has 1 fully saturated rings. The first-order chi connectivity index (χ1) is 15.6. The average Bonchev–Trinajstić information content (AvgIpc) is 3.24. The zero-order valence-corrected chi connectivity index (χ0v) is 18.4. The number of hydrogen-bond donors (Lipinski definition) is 2. The third kappa shape index (κ3) is 4.75. The van der Waals surface area contributed by atoms with Gasteiger partial charge in [-0.25, -0.2) is 19.6 Å². The molecule has 4 rings (SSSR count). The van der Waals surface area contributed by atoms with Crippen molar-refractivity contribution in [3.63, 3.8) is 0 Å². The number of nitrogens with one attached hydrogen (secondary N) is 2. The van der Waals surface area contributed by atoms with E-state index in [0.29, 0.717) is 51.0 Å². The molecule has 170 valence electrons. The van der Waals surface area contributed by atoms with E-state index in [-0.39, 0.29) is 12.1 Å². The summed E-state index contributed by atoms with van der Waals surface area (Å²) in [5.74, 6) is 1.42. The second kappa shape index (κ2) is 9.82. The summed E-state index contributed by atoms with van der Waals surface area (Å²) in [5, 5.41) is 5.49. The first-order valence-corrected chi connectivity index (χ1v) is 10.9. The lowest BCUT2D eigenvalue weighted by atomic mass is 10.1. The molecule has 10 nitrogen and oxygen atoms in total. The smallest absolute Gasteiger partial charge is 0.410 e. The SMILES string of the molecule is CCNC(=O)Nc1ccc(-c2nc3c(c(N4CCOCC4)n2)CN(C(=O)OCC)C3)cc1. The Morgan fingerprint density at radius 2 is 1.84 bits per heavy atom. The number of urea groups is 1. The molecule has 2 aliphatic heterocycles. The van der Waals surface area contributed by atoms with E-state index >= 15 is 0 Å². The van der Waals surface area contributed by atoms with Gasteiger partial charge in [0.05, 0.1) is 38.6 Å². The Labute approximate surface area is 186 Å². The summed E-state index contributed by atoms with van der Waals surface area (Å²) >= 11 is 0. The largest absolute Gasteiger partial charge is 0.450 e. The van der Waals surface area contributed by atoms with Crippen LogP contribution in [0, 0.1) is 0 Å². The zero-order chi connectivity index (χ0) is 22.5. The van der Waals surface area contributed by atoms with E-state index in [1.807, 2.05) is 31.2 Å². The van der Waals surface area contributed by atoms with Crippen molar-refractivity contribution in [2.24, 2.45) is 0 Å². The lowest BCUT2D eigenvalue weighted by molar-refractivity contribution is 0.106. The standard InChI is InChI=1S/C22H28N6O4/c1-3-23-21(29)24-16-7-5-15(6-8-16)19-25-18-14-28(22(30)32-4-2)13-17(18)20(26-19)27-9-11-31-12-10-27/h5-8H,3-4,9-14H2,1-2H3,(H2,23,24,29). The van der Waals surface area contributed by atoms with E-state index in [0.717, 1.165) is 35.7 Å². The van der Waals surface area contributed by atoms with Crippen molar-refractivity contribution in [3.05, 3.63) is 35.5 Å². The third-order valence-electron chi connectivity index (χ3n) is 5.34. The fraction of sp³-hybridized carbons (Fsp3) is 0.455. The first kappa shape index (κ1) is 21.8. The fourth-order valence-corrected chi connectivity index (χ4v) is 3.79. The molecule has 0 spiro atoms. The minimum absolute atomic E-state index is 0.248. The quantitative estimate of drug-likeness (QED) is 0.736. The van der Waals surface area contributed by atoms with Gasteiger partial charge in [-0.1, -0.05) is 0 Å². The normalized spacial score (nSPS) is 15.3. The van der Waals surface area contributed by atoms with Crippen LogP contribution in [0.1, 0.15) is 25.1 Å². The molecule has 0 saturated carbocycles. The maximum Gasteiger partial charge on any atom is 0.410 e. The third-order valence-corrected chi connectivity index (χ3v) is 5.34. The van der Waals surface area contributed by atoms with Crippen LogP contribution in [0.2, 0.25) is 0 Å². The Hall–Kier alpha value is -3.40. The van der Waals surface area contributed by atoms with Gasteiger partial charge in [-0.3, -0.25) is 4.90 Å². The molecule has 2 aromatic rings. The maximum atomic E-state index is 12.3. The van der Waals surface area contributed by atoms with Crippen LogP contribution >= 0.6 is 0 Å². The van der Waals surface area contributed by atoms with Gasteiger partial charge in [0.2, 0.25) is 0 Å². The van der Waals surface area contributed by atoms with Crippen LogP contribution in [0.3, 0.4) is 0 Å². The average molecular weight is 441 g/mol. The van der Waals surface area contributed by atoms with Crippen molar-refractivity contribution in [1.29, 1.82) is 0 Å². The number of hydrogen-bond acceptors (Lipinski definition) is 7. The van der Waals surface area contributed by atoms with E-state index in [4.69, 9.17) is 19.4 Å². The molecule has 3 heterocycles.